The van der Waals surface area contributed by atoms with Crippen LogP contribution < -0.4 is 10.2 Å². The van der Waals surface area contributed by atoms with Gasteiger partial charge in [-0.2, -0.15) is 0 Å². The number of carbonyl (C=O) groups excluding carboxylic acids is 1. The number of hydrogen-bond acceptors (Lipinski definition) is 3. The van der Waals surface area contributed by atoms with Crippen molar-refractivity contribution < 1.29 is 4.79 Å². The molecule has 2 aliphatic rings. The van der Waals surface area contributed by atoms with E-state index in [1.165, 1.54) is 32.1 Å². The summed E-state index contributed by atoms with van der Waals surface area (Å²) in [6, 6.07) is 4.31. The number of nitrogens with zero attached hydrogens (tertiary/aromatic N) is 2. The molecular formula is C16H23N3O. The number of anilines is 1. The number of likely N-dealkylation sites (N-methyl/N-ethyl adjacent to an activating group) is 1. The standard InChI is InChI=1S/C16H23N3O/c1-19(13-6-4-10-17-11-13)16(20)15-9-8-12-5-2-3-7-14(12)18-15/h4,6,10-12,14-15,18H,2-3,5,7-9H2,1H3. The van der Waals surface area contributed by atoms with Crippen LogP contribution in [0, 0.1) is 5.92 Å². The quantitative estimate of drug-likeness (QED) is 0.899. The molecule has 4 heteroatoms. The molecule has 1 N–H and O–H groups in total. The van der Waals surface area contributed by atoms with E-state index in [1.807, 2.05) is 19.2 Å². The Morgan fingerprint density at radius 2 is 2.15 bits per heavy atom. The molecule has 1 aliphatic carbocycles. The van der Waals surface area contributed by atoms with Gasteiger partial charge < -0.3 is 10.2 Å². The van der Waals surface area contributed by atoms with Crippen LogP contribution in [0.4, 0.5) is 5.69 Å². The van der Waals surface area contributed by atoms with Crippen molar-refractivity contribution >= 4 is 11.6 Å². The predicted octanol–water partition coefficient (Wildman–Crippen LogP) is 2.36. The van der Waals surface area contributed by atoms with Crippen LogP contribution in [0.25, 0.3) is 0 Å². The molecule has 1 aromatic heterocycles. The number of rotatable bonds is 2. The van der Waals surface area contributed by atoms with Gasteiger partial charge in [0.25, 0.3) is 0 Å². The van der Waals surface area contributed by atoms with Gasteiger partial charge in [0.15, 0.2) is 0 Å². The third-order valence-corrected chi connectivity index (χ3v) is 4.81. The lowest BCUT2D eigenvalue weighted by Crippen LogP contribution is -2.55. The van der Waals surface area contributed by atoms with E-state index in [9.17, 15) is 4.79 Å². The van der Waals surface area contributed by atoms with Gasteiger partial charge in [0.1, 0.15) is 0 Å². The highest BCUT2D eigenvalue weighted by Crippen LogP contribution is 2.32. The summed E-state index contributed by atoms with van der Waals surface area (Å²) in [6.45, 7) is 0. The van der Waals surface area contributed by atoms with Crippen molar-refractivity contribution in [1.29, 1.82) is 0 Å². The summed E-state index contributed by atoms with van der Waals surface area (Å²) >= 11 is 0. The molecule has 0 aromatic carbocycles. The van der Waals surface area contributed by atoms with Crippen LogP contribution in [-0.4, -0.2) is 30.0 Å². The molecule has 1 saturated heterocycles. The lowest BCUT2D eigenvalue weighted by molar-refractivity contribution is -0.121. The highest BCUT2D eigenvalue weighted by Gasteiger charge is 2.35. The first-order valence-electron chi connectivity index (χ1n) is 7.69. The van der Waals surface area contributed by atoms with Crippen LogP contribution in [0.2, 0.25) is 0 Å². The van der Waals surface area contributed by atoms with Gasteiger partial charge in [-0.15, -0.1) is 0 Å². The molecule has 2 fully saturated rings. The van der Waals surface area contributed by atoms with E-state index in [0.29, 0.717) is 6.04 Å². The number of nitrogens with one attached hydrogen (secondary N) is 1. The lowest BCUT2D eigenvalue weighted by atomic mass is 9.77. The normalized spacial score (nSPS) is 29.6. The smallest absolute Gasteiger partial charge is 0.243 e. The first-order chi connectivity index (χ1) is 9.75. The number of pyridine rings is 1. The molecule has 4 nitrogen and oxygen atoms in total. The van der Waals surface area contributed by atoms with E-state index in [2.05, 4.69) is 10.3 Å². The maximum absolute atomic E-state index is 12.6. The minimum Gasteiger partial charge on any atom is -0.313 e. The maximum atomic E-state index is 12.6. The molecule has 20 heavy (non-hydrogen) atoms. The number of aromatic nitrogens is 1. The van der Waals surface area contributed by atoms with Crippen molar-refractivity contribution in [2.24, 2.45) is 5.92 Å². The minimum atomic E-state index is -0.0282. The fourth-order valence-corrected chi connectivity index (χ4v) is 3.60. The summed E-state index contributed by atoms with van der Waals surface area (Å²) in [7, 11) is 1.84. The zero-order valence-corrected chi connectivity index (χ0v) is 12.1. The van der Waals surface area contributed by atoms with Crippen molar-refractivity contribution in [3.8, 4) is 0 Å². The summed E-state index contributed by atoms with van der Waals surface area (Å²) in [4.78, 5) is 18.4. The molecule has 3 unspecified atom stereocenters. The van der Waals surface area contributed by atoms with Gasteiger partial charge in [-0.3, -0.25) is 9.78 Å². The second-order valence-electron chi connectivity index (χ2n) is 6.06. The van der Waals surface area contributed by atoms with E-state index < -0.39 is 0 Å². The van der Waals surface area contributed by atoms with Gasteiger partial charge >= 0.3 is 0 Å². The second kappa shape index (κ2) is 5.92. The molecule has 2 heterocycles. The van der Waals surface area contributed by atoms with Crippen LogP contribution in [0.15, 0.2) is 24.5 Å². The second-order valence-corrected chi connectivity index (χ2v) is 6.06. The summed E-state index contributed by atoms with van der Waals surface area (Å²) in [5.41, 5.74) is 0.866. The number of piperidine rings is 1. The number of carbonyl (C=O) groups is 1. The Labute approximate surface area is 120 Å². The Morgan fingerprint density at radius 3 is 2.95 bits per heavy atom. The van der Waals surface area contributed by atoms with E-state index in [1.54, 1.807) is 17.3 Å². The molecule has 1 amide bonds. The van der Waals surface area contributed by atoms with Gasteiger partial charge in [-0.25, -0.2) is 0 Å². The molecule has 3 rings (SSSR count). The van der Waals surface area contributed by atoms with Gasteiger partial charge in [0.05, 0.1) is 17.9 Å². The van der Waals surface area contributed by atoms with Gasteiger partial charge in [0, 0.05) is 19.3 Å². The van der Waals surface area contributed by atoms with Crippen LogP contribution in [-0.2, 0) is 4.79 Å². The van der Waals surface area contributed by atoms with Crippen LogP contribution in [0.5, 0.6) is 0 Å². The molecule has 1 saturated carbocycles. The van der Waals surface area contributed by atoms with Crippen LogP contribution in [0.3, 0.4) is 0 Å². The SMILES string of the molecule is CN(C(=O)C1CCC2CCCCC2N1)c1cccnc1. The third-order valence-electron chi connectivity index (χ3n) is 4.81. The van der Waals surface area contributed by atoms with Crippen molar-refractivity contribution in [2.75, 3.05) is 11.9 Å². The Morgan fingerprint density at radius 1 is 1.30 bits per heavy atom. The zero-order chi connectivity index (χ0) is 13.9. The highest BCUT2D eigenvalue weighted by molar-refractivity contribution is 5.96. The van der Waals surface area contributed by atoms with Crippen molar-refractivity contribution in [3.05, 3.63) is 24.5 Å². The number of fused-ring (bicyclic) bond motifs is 1. The largest absolute Gasteiger partial charge is 0.313 e. The molecular weight excluding hydrogens is 250 g/mol. The molecule has 108 valence electrons. The number of hydrogen-bond donors (Lipinski definition) is 1. The van der Waals surface area contributed by atoms with Crippen molar-refractivity contribution in [3.63, 3.8) is 0 Å². The number of amides is 1. The first kappa shape index (κ1) is 13.6. The van der Waals surface area contributed by atoms with Gasteiger partial charge in [-0.1, -0.05) is 12.8 Å². The molecule has 0 radical (unpaired) electrons. The molecule has 1 aromatic rings. The lowest BCUT2D eigenvalue weighted by Gasteiger charge is -2.40. The third kappa shape index (κ3) is 2.70. The predicted molar refractivity (Wildman–Crippen MR) is 79.6 cm³/mol. The Kier molecular flexibility index (Phi) is 4.01. The Bertz CT molecular complexity index is 462. The fourth-order valence-electron chi connectivity index (χ4n) is 3.60. The van der Waals surface area contributed by atoms with Gasteiger partial charge in [0.2, 0.25) is 5.91 Å². The fraction of sp³-hybridized carbons (Fsp3) is 0.625. The molecule has 3 atom stereocenters. The summed E-state index contributed by atoms with van der Waals surface area (Å²) in [5.74, 6) is 0.957. The van der Waals surface area contributed by atoms with Crippen LogP contribution in [0.1, 0.15) is 38.5 Å². The van der Waals surface area contributed by atoms with Crippen molar-refractivity contribution in [2.45, 2.75) is 50.6 Å². The molecule has 0 bridgehead atoms. The molecule has 1 aliphatic heterocycles. The summed E-state index contributed by atoms with van der Waals surface area (Å²) in [6.07, 6.45) is 10.8. The zero-order valence-electron chi connectivity index (χ0n) is 12.1. The van der Waals surface area contributed by atoms with Crippen LogP contribution >= 0.6 is 0 Å². The first-order valence-corrected chi connectivity index (χ1v) is 7.69. The Balaban J connectivity index is 1.65. The minimum absolute atomic E-state index is 0.0282. The van der Waals surface area contributed by atoms with E-state index >= 15 is 0 Å². The average Bonchev–Trinajstić information content (AvgIpc) is 2.54. The average molecular weight is 273 g/mol. The van der Waals surface area contributed by atoms with E-state index in [0.717, 1.165) is 18.0 Å². The van der Waals surface area contributed by atoms with Gasteiger partial charge in [-0.05, 0) is 43.7 Å². The Hall–Kier alpha value is -1.42. The maximum Gasteiger partial charge on any atom is 0.243 e. The van der Waals surface area contributed by atoms with E-state index in [4.69, 9.17) is 0 Å². The highest BCUT2D eigenvalue weighted by atomic mass is 16.2. The van der Waals surface area contributed by atoms with Crippen molar-refractivity contribution in [1.82, 2.24) is 10.3 Å². The topological polar surface area (TPSA) is 45.2 Å². The monoisotopic (exact) mass is 273 g/mol. The van der Waals surface area contributed by atoms with E-state index in [-0.39, 0.29) is 11.9 Å². The summed E-state index contributed by atoms with van der Waals surface area (Å²) < 4.78 is 0. The summed E-state index contributed by atoms with van der Waals surface area (Å²) in [5, 5.41) is 3.59. The molecule has 0 spiro atoms.